The van der Waals surface area contributed by atoms with Crippen molar-refractivity contribution >= 4 is 11.5 Å². The molecular formula is C12H18N6O. The summed E-state index contributed by atoms with van der Waals surface area (Å²) in [6.45, 7) is 2.41. The molecular weight excluding hydrogens is 244 g/mol. The number of nitrogens with two attached hydrogens (primary N) is 1. The molecule has 2 aromatic heterocycles. The van der Waals surface area contributed by atoms with E-state index in [1.54, 1.807) is 6.92 Å². The normalized spacial score (nSPS) is 16.8. The van der Waals surface area contributed by atoms with Crippen molar-refractivity contribution in [3.8, 4) is 0 Å². The highest BCUT2D eigenvalue weighted by molar-refractivity contribution is 5.51. The van der Waals surface area contributed by atoms with E-state index in [0.29, 0.717) is 30.0 Å². The molecule has 0 aliphatic heterocycles. The van der Waals surface area contributed by atoms with Crippen LogP contribution in [0, 0.1) is 12.8 Å². The minimum atomic E-state index is -0.258. The van der Waals surface area contributed by atoms with Crippen LogP contribution in [0.3, 0.4) is 0 Å². The van der Waals surface area contributed by atoms with Crippen LogP contribution in [-0.4, -0.2) is 39.2 Å². The van der Waals surface area contributed by atoms with Crippen LogP contribution in [-0.2, 0) is 0 Å². The van der Waals surface area contributed by atoms with E-state index in [2.05, 4.69) is 20.1 Å². The van der Waals surface area contributed by atoms with Gasteiger partial charge in [0.2, 0.25) is 0 Å². The largest absolute Gasteiger partial charge is 0.355 e. The fourth-order valence-corrected chi connectivity index (χ4v) is 2.58. The molecule has 1 saturated carbocycles. The van der Waals surface area contributed by atoms with Gasteiger partial charge in [0.05, 0.1) is 0 Å². The lowest BCUT2D eigenvalue weighted by Gasteiger charge is -2.28. The third-order valence-corrected chi connectivity index (χ3v) is 3.82. The Morgan fingerprint density at radius 2 is 2.37 bits per heavy atom. The van der Waals surface area contributed by atoms with Gasteiger partial charge in [0, 0.05) is 25.7 Å². The van der Waals surface area contributed by atoms with E-state index >= 15 is 0 Å². The average molecular weight is 262 g/mol. The summed E-state index contributed by atoms with van der Waals surface area (Å²) in [6.07, 6.45) is 2.46. The predicted octanol–water partition coefficient (Wildman–Crippen LogP) is -0.100. The minimum absolute atomic E-state index is 0.258. The van der Waals surface area contributed by atoms with E-state index < -0.39 is 0 Å². The molecule has 0 bridgehead atoms. The van der Waals surface area contributed by atoms with Gasteiger partial charge in [0.1, 0.15) is 11.6 Å². The first-order valence-electron chi connectivity index (χ1n) is 6.49. The molecule has 0 aromatic carbocycles. The summed E-state index contributed by atoms with van der Waals surface area (Å²) in [6, 6.07) is 2.12. The van der Waals surface area contributed by atoms with Crippen molar-refractivity contribution < 1.29 is 0 Å². The fourth-order valence-electron chi connectivity index (χ4n) is 2.58. The number of anilines is 1. The summed E-state index contributed by atoms with van der Waals surface area (Å²) in [5, 5.41) is 6.43. The molecule has 1 unspecified atom stereocenters. The van der Waals surface area contributed by atoms with Crippen molar-refractivity contribution in [1.82, 2.24) is 19.6 Å². The van der Waals surface area contributed by atoms with Crippen LogP contribution >= 0.6 is 0 Å². The van der Waals surface area contributed by atoms with E-state index in [0.717, 1.165) is 5.82 Å². The quantitative estimate of drug-likeness (QED) is 0.802. The molecule has 1 aliphatic carbocycles. The number of hydrogen-bond donors (Lipinski definition) is 2. The number of nitrogens with one attached hydrogen (secondary N) is 1. The summed E-state index contributed by atoms with van der Waals surface area (Å²) in [5.74, 6) is 2.10. The smallest absolute Gasteiger partial charge is 0.349 e. The Labute approximate surface area is 110 Å². The minimum Gasteiger partial charge on any atom is -0.355 e. The van der Waals surface area contributed by atoms with Crippen LogP contribution in [0.1, 0.15) is 18.7 Å². The highest BCUT2D eigenvalue weighted by atomic mass is 16.1. The van der Waals surface area contributed by atoms with Crippen LogP contribution in [0.5, 0.6) is 0 Å². The van der Waals surface area contributed by atoms with Crippen molar-refractivity contribution in [2.45, 2.75) is 25.8 Å². The number of hydrogen-bond acceptors (Lipinski definition) is 5. The first-order chi connectivity index (χ1) is 9.11. The molecule has 1 fully saturated rings. The monoisotopic (exact) mass is 262 g/mol. The number of aromatic nitrogens is 4. The standard InChI is InChI=1S/C12H18N6O/c1-7-14-10(5-11-15-16-12(19)18(7)11)17(2)9(6-13)8-3-4-8/h5,8-9H,3-4,6,13H2,1-2H3,(H,16,19). The lowest BCUT2D eigenvalue weighted by Crippen LogP contribution is -2.40. The van der Waals surface area contributed by atoms with Gasteiger partial charge in [-0.25, -0.2) is 19.3 Å². The Bertz CT molecular complexity index is 656. The first-order valence-corrected chi connectivity index (χ1v) is 6.49. The van der Waals surface area contributed by atoms with Crippen LogP contribution in [0.25, 0.3) is 5.65 Å². The van der Waals surface area contributed by atoms with Crippen molar-refractivity contribution in [2.75, 3.05) is 18.5 Å². The molecule has 3 rings (SSSR count). The summed E-state index contributed by atoms with van der Waals surface area (Å²) in [4.78, 5) is 18.1. The topological polar surface area (TPSA) is 92.3 Å². The molecule has 2 heterocycles. The van der Waals surface area contributed by atoms with Crippen LogP contribution in [0.4, 0.5) is 5.82 Å². The van der Waals surface area contributed by atoms with Gasteiger partial charge in [-0.1, -0.05) is 0 Å². The number of rotatable bonds is 4. The number of aryl methyl sites for hydroxylation is 1. The van der Waals surface area contributed by atoms with Gasteiger partial charge in [-0.3, -0.25) is 0 Å². The van der Waals surface area contributed by atoms with E-state index in [-0.39, 0.29) is 5.69 Å². The molecule has 0 spiro atoms. The van der Waals surface area contributed by atoms with Gasteiger partial charge in [0.25, 0.3) is 0 Å². The summed E-state index contributed by atoms with van der Waals surface area (Å²) in [5.41, 5.74) is 6.19. The zero-order valence-electron chi connectivity index (χ0n) is 11.1. The molecule has 1 aliphatic rings. The number of H-pyrrole nitrogens is 1. The molecule has 2 aromatic rings. The fraction of sp³-hybridized carbons (Fsp3) is 0.583. The SMILES string of the molecule is Cc1nc(N(C)C(CN)C2CC2)cc2n[nH]c(=O)n12. The van der Waals surface area contributed by atoms with Gasteiger partial charge in [0.15, 0.2) is 5.65 Å². The Hall–Kier alpha value is -1.89. The summed E-state index contributed by atoms with van der Waals surface area (Å²) in [7, 11) is 2.00. The van der Waals surface area contributed by atoms with E-state index in [9.17, 15) is 4.79 Å². The van der Waals surface area contributed by atoms with Crippen LogP contribution < -0.4 is 16.3 Å². The molecule has 102 valence electrons. The average Bonchev–Trinajstić information content (AvgIpc) is 3.14. The van der Waals surface area contributed by atoms with E-state index in [1.807, 2.05) is 13.1 Å². The van der Waals surface area contributed by atoms with Gasteiger partial charge in [-0.05, 0) is 25.7 Å². The molecule has 3 N–H and O–H groups in total. The lowest BCUT2D eigenvalue weighted by molar-refractivity contribution is 0.565. The number of nitrogens with zero attached hydrogens (tertiary/aromatic N) is 4. The highest BCUT2D eigenvalue weighted by Crippen LogP contribution is 2.35. The maximum Gasteiger partial charge on any atom is 0.349 e. The Morgan fingerprint density at radius 1 is 1.63 bits per heavy atom. The second kappa shape index (κ2) is 4.34. The molecule has 7 heteroatoms. The number of aromatic amines is 1. The van der Waals surface area contributed by atoms with Crippen molar-refractivity contribution in [3.63, 3.8) is 0 Å². The van der Waals surface area contributed by atoms with Crippen LogP contribution in [0.15, 0.2) is 10.9 Å². The number of fused-ring (bicyclic) bond motifs is 1. The van der Waals surface area contributed by atoms with Crippen LogP contribution in [0.2, 0.25) is 0 Å². The Balaban J connectivity index is 2.02. The predicted molar refractivity (Wildman–Crippen MR) is 72.3 cm³/mol. The third kappa shape index (κ3) is 1.99. The first kappa shape index (κ1) is 12.2. The third-order valence-electron chi connectivity index (χ3n) is 3.82. The zero-order valence-corrected chi connectivity index (χ0v) is 11.1. The molecule has 1 atom stereocenters. The van der Waals surface area contributed by atoms with Crippen molar-refractivity contribution in [3.05, 3.63) is 22.4 Å². The Morgan fingerprint density at radius 3 is 3.00 bits per heavy atom. The second-order valence-electron chi connectivity index (χ2n) is 5.14. The molecule has 0 radical (unpaired) electrons. The summed E-state index contributed by atoms with van der Waals surface area (Å²) < 4.78 is 1.46. The second-order valence-corrected chi connectivity index (χ2v) is 5.14. The zero-order chi connectivity index (χ0) is 13.6. The summed E-state index contributed by atoms with van der Waals surface area (Å²) >= 11 is 0. The van der Waals surface area contributed by atoms with Crippen molar-refractivity contribution in [2.24, 2.45) is 11.7 Å². The van der Waals surface area contributed by atoms with Crippen molar-refractivity contribution in [1.29, 1.82) is 0 Å². The maximum atomic E-state index is 11.6. The molecule has 19 heavy (non-hydrogen) atoms. The molecule has 0 amide bonds. The van der Waals surface area contributed by atoms with E-state index in [1.165, 1.54) is 17.2 Å². The van der Waals surface area contributed by atoms with Gasteiger partial charge in [-0.15, -0.1) is 0 Å². The van der Waals surface area contributed by atoms with Gasteiger partial charge in [-0.2, -0.15) is 5.10 Å². The van der Waals surface area contributed by atoms with Gasteiger partial charge < -0.3 is 10.6 Å². The van der Waals surface area contributed by atoms with E-state index in [4.69, 9.17) is 5.73 Å². The molecule has 7 nitrogen and oxygen atoms in total. The van der Waals surface area contributed by atoms with Gasteiger partial charge >= 0.3 is 5.69 Å². The Kier molecular flexibility index (Phi) is 2.78. The maximum absolute atomic E-state index is 11.6. The highest BCUT2D eigenvalue weighted by Gasteiger charge is 2.33. The number of likely N-dealkylation sites (N-methyl/N-ethyl adjacent to an activating group) is 1. The lowest BCUT2D eigenvalue weighted by atomic mass is 10.1. The molecule has 0 saturated heterocycles.